The fourth-order valence-electron chi connectivity index (χ4n) is 1.49. The number of carbonyl (C=O) groups is 1. The van der Waals surface area contributed by atoms with Crippen LogP contribution in [0.5, 0.6) is 0 Å². The van der Waals surface area contributed by atoms with Gasteiger partial charge in [-0.3, -0.25) is 4.79 Å². The molecule has 0 radical (unpaired) electrons. The molecule has 3 heteroatoms. The van der Waals surface area contributed by atoms with Gasteiger partial charge in [0.25, 0.3) is 0 Å². The number of rotatable bonds is 5. The van der Waals surface area contributed by atoms with Gasteiger partial charge in [0.2, 0.25) is 0 Å². The van der Waals surface area contributed by atoms with Crippen LogP contribution in [0.4, 0.5) is 0 Å². The van der Waals surface area contributed by atoms with Gasteiger partial charge in [0.05, 0.1) is 12.7 Å². The Kier molecular flexibility index (Phi) is 6.75. The largest absolute Gasteiger partial charge is 0.465 e. The maximum atomic E-state index is 11.9. The lowest BCUT2D eigenvalue weighted by atomic mass is 9.75. The molecule has 17 heavy (non-hydrogen) atoms. The third-order valence-corrected chi connectivity index (χ3v) is 2.54. The lowest BCUT2D eigenvalue weighted by molar-refractivity contribution is -0.153. The van der Waals surface area contributed by atoms with Gasteiger partial charge in [-0.2, -0.15) is 5.26 Å². The van der Waals surface area contributed by atoms with E-state index >= 15 is 0 Å². The highest BCUT2D eigenvalue weighted by molar-refractivity contribution is 5.81. The van der Waals surface area contributed by atoms with Crippen LogP contribution in [0.25, 0.3) is 0 Å². The molecule has 0 aliphatic carbocycles. The maximum absolute atomic E-state index is 11.9. The number of ether oxygens (including phenoxy) is 1. The van der Waals surface area contributed by atoms with Gasteiger partial charge in [-0.05, 0) is 20.3 Å². The van der Waals surface area contributed by atoms with Crippen LogP contribution in [-0.2, 0) is 9.53 Å². The first-order valence-electron chi connectivity index (χ1n) is 5.76. The first kappa shape index (κ1) is 15.3. The molecule has 0 saturated heterocycles. The molecule has 0 rings (SSSR count). The third kappa shape index (κ3) is 3.64. The minimum absolute atomic E-state index is 0.252. The zero-order valence-corrected chi connectivity index (χ0v) is 10.7. The SMILES string of the molecule is C=CC[C@](C#N)(C(=O)OCC)[C@H](C)C#CCC. The fraction of sp³-hybridized carbons (Fsp3) is 0.571. The van der Waals surface area contributed by atoms with E-state index in [2.05, 4.69) is 24.5 Å². The van der Waals surface area contributed by atoms with Crippen molar-refractivity contribution in [2.45, 2.75) is 33.6 Å². The zero-order chi connectivity index (χ0) is 13.3. The summed E-state index contributed by atoms with van der Waals surface area (Å²) >= 11 is 0. The van der Waals surface area contributed by atoms with E-state index in [1.54, 1.807) is 19.9 Å². The standard InChI is InChI=1S/C14H19NO2/c1-5-8-9-12(4)14(11-15,10-6-2)13(16)17-7-3/h6,12H,2,5,7,10H2,1,3-4H3/t12-,14-/m1/s1. The van der Waals surface area contributed by atoms with E-state index in [1.807, 2.05) is 6.92 Å². The van der Waals surface area contributed by atoms with Crippen molar-refractivity contribution >= 4 is 5.97 Å². The van der Waals surface area contributed by atoms with Gasteiger partial charge in [0.15, 0.2) is 5.41 Å². The second kappa shape index (κ2) is 7.52. The van der Waals surface area contributed by atoms with E-state index < -0.39 is 11.4 Å². The van der Waals surface area contributed by atoms with Crippen molar-refractivity contribution in [2.75, 3.05) is 6.61 Å². The van der Waals surface area contributed by atoms with E-state index in [-0.39, 0.29) is 18.9 Å². The Morgan fingerprint density at radius 1 is 1.59 bits per heavy atom. The van der Waals surface area contributed by atoms with Gasteiger partial charge in [-0.25, -0.2) is 0 Å². The molecule has 0 amide bonds. The van der Waals surface area contributed by atoms with Crippen molar-refractivity contribution in [1.82, 2.24) is 0 Å². The molecule has 0 aliphatic heterocycles. The van der Waals surface area contributed by atoms with Crippen molar-refractivity contribution in [3.63, 3.8) is 0 Å². The number of hydrogen-bond acceptors (Lipinski definition) is 3. The topological polar surface area (TPSA) is 50.1 Å². The highest BCUT2D eigenvalue weighted by Gasteiger charge is 2.44. The van der Waals surface area contributed by atoms with Crippen LogP contribution < -0.4 is 0 Å². The Labute approximate surface area is 103 Å². The van der Waals surface area contributed by atoms with E-state index in [0.717, 1.165) is 0 Å². The van der Waals surface area contributed by atoms with Gasteiger partial charge in [-0.1, -0.05) is 18.9 Å². The minimum atomic E-state index is -1.24. The molecule has 0 aromatic heterocycles. The van der Waals surface area contributed by atoms with Gasteiger partial charge in [0, 0.05) is 12.3 Å². The molecule has 92 valence electrons. The van der Waals surface area contributed by atoms with Crippen LogP contribution in [0.1, 0.15) is 33.6 Å². The van der Waals surface area contributed by atoms with Crippen molar-refractivity contribution in [1.29, 1.82) is 5.26 Å². The molecule has 0 aliphatic rings. The van der Waals surface area contributed by atoms with Crippen LogP contribution in [-0.4, -0.2) is 12.6 Å². The second-order valence-corrected chi connectivity index (χ2v) is 3.69. The fourth-order valence-corrected chi connectivity index (χ4v) is 1.49. The van der Waals surface area contributed by atoms with E-state index in [1.165, 1.54) is 0 Å². The number of nitriles is 1. The van der Waals surface area contributed by atoms with Crippen molar-refractivity contribution in [3.05, 3.63) is 12.7 Å². The number of carbonyl (C=O) groups excluding carboxylic acids is 1. The van der Waals surface area contributed by atoms with Crippen LogP contribution in [0.3, 0.4) is 0 Å². The van der Waals surface area contributed by atoms with Gasteiger partial charge >= 0.3 is 5.97 Å². The average molecular weight is 233 g/mol. The summed E-state index contributed by atoms with van der Waals surface area (Å²) in [5, 5.41) is 9.31. The third-order valence-electron chi connectivity index (χ3n) is 2.54. The minimum Gasteiger partial charge on any atom is -0.465 e. The highest BCUT2D eigenvalue weighted by atomic mass is 16.5. The summed E-state index contributed by atoms with van der Waals surface area (Å²) in [4.78, 5) is 11.9. The van der Waals surface area contributed by atoms with Crippen LogP contribution in [0.15, 0.2) is 12.7 Å². The number of nitrogens with zero attached hydrogens (tertiary/aromatic N) is 1. The Balaban J connectivity index is 5.28. The summed E-state index contributed by atoms with van der Waals surface area (Å²) in [5.74, 6) is 4.94. The Morgan fingerprint density at radius 2 is 2.24 bits per heavy atom. The smallest absolute Gasteiger partial charge is 0.328 e. The maximum Gasteiger partial charge on any atom is 0.328 e. The van der Waals surface area contributed by atoms with Crippen molar-refractivity contribution in [3.8, 4) is 17.9 Å². The Hall–Kier alpha value is -1.74. The Bertz CT molecular complexity index is 370. The van der Waals surface area contributed by atoms with Crippen LogP contribution >= 0.6 is 0 Å². The summed E-state index contributed by atoms with van der Waals surface area (Å²) in [6.45, 7) is 9.26. The molecule has 0 spiro atoms. The molecule has 3 nitrogen and oxygen atoms in total. The summed E-state index contributed by atoms with van der Waals surface area (Å²) in [6, 6.07) is 2.06. The predicted molar refractivity (Wildman–Crippen MR) is 66.7 cm³/mol. The summed E-state index contributed by atoms with van der Waals surface area (Å²) in [6.07, 6.45) is 2.51. The summed E-state index contributed by atoms with van der Waals surface area (Å²) in [5.41, 5.74) is -1.24. The van der Waals surface area contributed by atoms with Crippen LogP contribution in [0.2, 0.25) is 0 Å². The van der Waals surface area contributed by atoms with Gasteiger partial charge in [0.1, 0.15) is 0 Å². The zero-order valence-electron chi connectivity index (χ0n) is 10.7. The molecule has 0 N–H and O–H groups in total. The predicted octanol–water partition coefficient (Wildman–Crippen LogP) is 2.69. The quantitative estimate of drug-likeness (QED) is 0.417. The number of esters is 1. The van der Waals surface area contributed by atoms with Crippen LogP contribution in [0, 0.1) is 34.5 Å². The molecular formula is C14H19NO2. The van der Waals surface area contributed by atoms with E-state index in [4.69, 9.17) is 4.74 Å². The molecule has 0 fully saturated rings. The molecule has 0 bridgehead atoms. The van der Waals surface area contributed by atoms with Gasteiger partial charge < -0.3 is 4.74 Å². The summed E-state index contributed by atoms with van der Waals surface area (Å²) < 4.78 is 4.97. The molecular weight excluding hydrogens is 214 g/mol. The number of allylic oxidation sites excluding steroid dienone is 1. The van der Waals surface area contributed by atoms with E-state index in [9.17, 15) is 10.1 Å². The lowest BCUT2D eigenvalue weighted by Crippen LogP contribution is -2.37. The first-order valence-corrected chi connectivity index (χ1v) is 5.76. The highest BCUT2D eigenvalue weighted by Crippen LogP contribution is 2.33. The molecule has 0 unspecified atom stereocenters. The van der Waals surface area contributed by atoms with E-state index in [0.29, 0.717) is 6.42 Å². The van der Waals surface area contributed by atoms with Crippen molar-refractivity contribution in [2.24, 2.45) is 11.3 Å². The molecule has 2 atom stereocenters. The Morgan fingerprint density at radius 3 is 2.65 bits per heavy atom. The monoisotopic (exact) mass is 233 g/mol. The lowest BCUT2D eigenvalue weighted by Gasteiger charge is -2.26. The normalized spacial score (nSPS) is 14.5. The van der Waals surface area contributed by atoms with Crippen molar-refractivity contribution < 1.29 is 9.53 Å². The summed E-state index contributed by atoms with van der Waals surface area (Å²) in [7, 11) is 0. The molecule has 0 aromatic carbocycles. The second-order valence-electron chi connectivity index (χ2n) is 3.69. The molecule has 0 saturated carbocycles. The average Bonchev–Trinajstić information content (AvgIpc) is 2.33. The molecule has 0 heterocycles. The van der Waals surface area contributed by atoms with Gasteiger partial charge in [-0.15, -0.1) is 12.5 Å². The first-order chi connectivity index (χ1) is 8.08. The molecule has 0 aromatic rings. The number of hydrogen-bond donors (Lipinski definition) is 0.